The molecule has 2 heterocycles. The molecule has 0 saturated carbocycles. The molecule has 2 N–H and O–H groups in total. The second-order valence-electron chi connectivity index (χ2n) is 6.95. The number of amides is 3. The SMILES string of the molecule is Cc1ccc(CN2C(=O)SC(=Cc3cn(CC(N)=O)c4ccccc34)C2=O)cc1. The lowest BCUT2D eigenvalue weighted by Gasteiger charge is -2.12. The number of carbonyl (C=O) groups is 3. The summed E-state index contributed by atoms with van der Waals surface area (Å²) in [7, 11) is 0. The lowest BCUT2D eigenvalue weighted by Crippen LogP contribution is -2.27. The highest BCUT2D eigenvalue weighted by Crippen LogP contribution is 2.35. The number of hydrogen-bond acceptors (Lipinski definition) is 4. The number of nitrogens with zero attached hydrogens (tertiary/aromatic N) is 2. The summed E-state index contributed by atoms with van der Waals surface area (Å²) in [6.45, 7) is 2.27. The van der Waals surface area contributed by atoms with E-state index in [2.05, 4.69) is 0 Å². The Kier molecular flexibility index (Phi) is 4.98. The Labute approximate surface area is 172 Å². The first-order valence-electron chi connectivity index (χ1n) is 9.09. The Hall–Kier alpha value is -3.32. The summed E-state index contributed by atoms with van der Waals surface area (Å²) in [4.78, 5) is 38.3. The van der Waals surface area contributed by atoms with E-state index in [1.807, 2.05) is 55.5 Å². The molecule has 0 radical (unpaired) electrons. The van der Waals surface area contributed by atoms with Gasteiger partial charge in [0.05, 0.1) is 11.4 Å². The fourth-order valence-corrected chi connectivity index (χ4v) is 4.17. The molecule has 6 nitrogen and oxygen atoms in total. The van der Waals surface area contributed by atoms with Crippen molar-refractivity contribution in [2.45, 2.75) is 20.0 Å². The van der Waals surface area contributed by atoms with Crippen molar-refractivity contribution in [1.29, 1.82) is 0 Å². The van der Waals surface area contributed by atoms with Crippen molar-refractivity contribution in [3.05, 3.63) is 76.3 Å². The number of nitrogens with two attached hydrogens (primary N) is 1. The van der Waals surface area contributed by atoms with Crippen molar-refractivity contribution >= 4 is 45.8 Å². The second kappa shape index (κ2) is 7.60. The van der Waals surface area contributed by atoms with Gasteiger partial charge in [0.25, 0.3) is 11.1 Å². The summed E-state index contributed by atoms with van der Waals surface area (Å²) < 4.78 is 1.75. The van der Waals surface area contributed by atoms with Gasteiger partial charge in [-0.2, -0.15) is 0 Å². The Morgan fingerprint density at radius 1 is 1.10 bits per heavy atom. The van der Waals surface area contributed by atoms with Crippen molar-refractivity contribution in [3.63, 3.8) is 0 Å². The molecule has 4 rings (SSSR count). The van der Waals surface area contributed by atoms with Crippen LogP contribution < -0.4 is 5.73 Å². The van der Waals surface area contributed by atoms with Crippen LogP contribution in [0.2, 0.25) is 0 Å². The van der Waals surface area contributed by atoms with E-state index in [1.165, 1.54) is 4.90 Å². The number of benzene rings is 2. The molecule has 3 aromatic rings. The van der Waals surface area contributed by atoms with E-state index in [4.69, 9.17) is 5.73 Å². The summed E-state index contributed by atoms with van der Waals surface area (Å²) in [5.41, 5.74) is 8.98. The van der Waals surface area contributed by atoms with Crippen LogP contribution in [-0.2, 0) is 22.7 Å². The molecule has 146 valence electrons. The fourth-order valence-electron chi connectivity index (χ4n) is 3.34. The van der Waals surface area contributed by atoms with Crippen molar-refractivity contribution in [2.24, 2.45) is 5.73 Å². The van der Waals surface area contributed by atoms with Crippen LogP contribution in [0.5, 0.6) is 0 Å². The molecule has 1 saturated heterocycles. The number of aryl methyl sites for hydroxylation is 1. The van der Waals surface area contributed by atoms with Crippen molar-refractivity contribution in [2.75, 3.05) is 0 Å². The second-order valence-corrected chi connectivity index (χ2v) is 7.94. The van der Waals surface area contributed by atoms with Crippen LogP contribution in [0.1, 0.15) is 16.7 Å². The minimum atomic E-state index is -0.448. The normalized spacial score (nSPS) is 15.6. The van der Waals surface area contributed by atoms with Crippen LogP contribution in [0, 0.1) is 6.92 Å². The molecule has 0 aliphatic carbocycles. The Morgan fingerprint density at radius 3 is 2.55 bits per heavy atom. The van der Waals surface area contributed by atoms with Gasteiger partial charge in [0.15, 0.2) is 0 Å². The van der Waals surface area contributed by atoms with Gasteiger partial charge < -0.3 is 10.3 Å². The van der Waals surface area contributed by atoms with E-state index < -0.39 is 5.91 Å². The first-order chi connectivity index (χ1) is 13.9. The van der Waals surface area contributed by atoms with Crippen LogP contribution in [0.4, 0.5) is 4.79 Å². The molecule has 7 heteroatoms. The fraction of sp³-hybridized carbons (Fsp3) is 0.136. The van der Waals surface area contributed by atoms with Crippen molar-refractivity contribution in [1.82, 2.24) is 9.47 Å². The standard InChI is InChI=1S/C22H19N3O3S/c1-14-6-8-15(9-7-14)11-25-21(27)19(29-22(25)28)10-16-12-24(13-20(23)26)18-5-3-2-4-17(16)18/h2-10,12H,11,13H2,1H3,(H2,23,26). The summed E-state index contributed by atoms with van der Waals surface area (Å²) in [6, 6.07) is 15.3. The highest BCUT2D eigenvalue weighted by Gasteiger charge is 2.35. The number of aromatic nitrogens is 1. The molecule has 1 aromatic heterocycles. The maximum atomic E-state index is 12.8. The maximum absolute atomic E-state index is 12.8. The Morgan fingerprint density at radius 2 is 1.83 bits per heavy atom. The van der Waals surface area contributed by atoms with Gasteiger partial charge in [0.2, 0.25) is 5.91 Å². The minimum Gasteiger partial charge on any atom is -0.368 e. The molecule has 29 heavy (non-hydrogen) atoms. The summed E-state index contributed by atoms with van der Waals surface area (Å²) in [6.07, 6.45) is 3.49. The number of carbonyl (C=O) groups excluding carboxylic acids is 3. The number of fused-ring (bicyclic) bond motifs is 1. The Balaban J connectivity index is 1.65. The first-order valence-corrected chi connectivity index (χ1v) is 9.91. The number of thioether (sulfide) groups is 1. The first kappa shape index (κ1) is 19.0. The molecule has 2 aromatic carbocycles. The van der Waals surface area contributed by atoms with E-state index >= 15 is 0 Å². The highest BCUT2D eigenvalue weighted by molar-refractivity contribution is 8.18. The number of imide groups is 1. The average Bonchev–Trinajstić information content (AvgIpc) is 3.16. The molecular weight excluding hydrogens is 386 g/mol. The zero-order valence-corrected chi connectivity index (χ0v) is 16.6. The van der Waals surface area contributed by atoms with E-state index in [9.17, 15) is 14.4 Å². The molecule has 3 amide bonds. The van der Waals surface area contributed by atoms with Gasteiger partial charge in [0.1, 0.15) is 6.54 Å². The predicted molar refractivity (Wildman–Crippen MR) is 114 cm³/mol. The number of hydrogen-bond donors (Lipinski definition) is 1. The van der Waals surface area contributed by atoms with Gasteiger partial charge in [-0.3, -0.25) is 19.3 Å². The molecular formula is C22H19N3O3S. The molecule has 0 atom stereocenters. The molecule has 0 unspecified atom stereocenters. The van der Waals surface area contributed by atoms with E-state index in [1.54, 1.807) is 16.8 Å². The van der Waals surface area contributed by atoms with E-state index in [0.717, 1.165) is 39.4 Å². The number of primary amides is 1. The lowest BCUT2D eigenvalue weighted by molar-refractivity contribution is -0.123. The summed E-state index contributed by atoms with van der Waals surface area (Å²) in [5, 5.41) is 0.599. The van der Waals surface area contributed by atoms with Crippen LogP contribution >= 0.6 is 11.8 Å². The molecule has 1 aliphatic rings. The van der Waals surface area contributed by atoms with Gasteiger partial charge in [0, 0.05) is 22.7 Å². The lowest BCUT2D eigenvalue weighted by atomic mass is 10.1. The molecule has 0 bridgehead atoms. The quantitative estimate of drug-likeness (QED) is 0.656. The van der Waals surface area contributed by atoms with Gasteiger partial charge in [-0.1, -0.05) is 48.0 Å². The molecule has 1 fully saturated rings. The smallest absolute Gasteiger partial charge is 0.293 e. The zero-order valence-electron chi connectivity index (χ0n) is 15.8. The topological polar surface area (TPSA) is 85.4 Å². The van der Waals surface area contributed by atoms with Gasteiger partial charge in [-0.15, -0.1) is 0 Å². The van der Waals surface area contributed by atoms with E-state index in [0.29, 0.717) is 4.91 Å². The van der Waals surface area contributed by atoms with Crippen molar-refractivity contribution in [3.8, 4) is 0 Å². The Bertz CT molecular complexity index is 1160. The predicted octanol–water partition coefficient (Wildman–Crippen LogP) is 3.67. The largest absolute Gasteiger partial charge is 0.368 e. The minimum absolute atomic E-state index is 0.0449. The average molecular weight is 405 g/mol. The number of rotatable bonds is 5. The maximum Gasteiger partial charge on any atom is 0.293 e. The summed E-state index contributed by atoms with van der Waals surface area (Å²) in [5.74, 6) is -0.761. The van der Waals surface area contributed by atoms with Gasteiger partial charge in [-0.05, 0) is 36.4 Å². The summed E-state index contributed by atoms with van der Waals surface area (Å²) >= 11 is 0.928. The molecule has 1 aliphatic heterocycles. The van der Waals surface area contributed by atoms with Crippen LogP contribution in [0.15, 0.2) is 59.6 Å². The van der Waals surface area contributed by atoms with Gasteiger partial charge >= 0.3 is 0 Å². The third kappa shape index (κ3) is 3.82. The number of para-hydroxylation sites is 1. The third-order valence-corrected chi connectivity index (χ3v) is 5.67. The van der Waals surface area contributed by atoms with Crippen LogP contribution in [0.3, 0.4) is 0 Å². The highest BCUT2D eigenvalue weighted by atomic mass is 32.2. The molecule has 0 spiro atoms. The zero-order chi connectivity index (χ0) is 20.5. The van der Waals surface area contributed by atoms with Crippen LogP contribution in [-0.4, -0.2) is 26.5 Å². The monoisotopic (exact) mass is 405 g/mol. The van der Waals surface area contributed by atoms with E-state index in [-0.39, 0.29) is 24.2 Å². The van der Waals surface area contributed by atoms with Gasteiger partial charge in [-0.25, -0.2) is 0 Å². The van der Waals surface area contributed by atoms with Crippen molar-refractivity contribution < 1.29 is 14.4 Å². The van der Waals surface area contributed by atoms with Crippen LogP contribution in [0.25, 0.3) is 17.0 Å². The third-order valence-electron chi connectivity index (χ3n) is 4.77.